The molecule has 0 spiro atoms. The molecule has 3 atom stereocenters. The van der Waals surface area contributed by atoms with Gasteiger partial charge >= 0.3 is 0 Å². The maximum Gasteiger partial charge on any atom is 0.0566 e. The van der Waals surface area contributed by atoms with Crippen LogP contribution in [0, 0.1) is 6.61 Å². The zero-order valence-electron chi connectivity index (χ0n) is 7.10. The van der Waals surface area contributed by atoms with E-state index in [1.807, 2.05) is 6.92 Å². The van der Waals surface area contributed by atoms with E-state index in [0.29, 0.717) is 6.42 Å². The van der Waals surface area contributed by atoms with Gasteiger partial charge in [-0.15, -0.1) is 0 Å². The minimum atomic E-state index is -0.394. The molecular formula is C7H13O3W2-. The van der Waals surface area contributed by atoms with E-state index in [2.05, 4.69) is 0 Å². The third-order valence-electron chi connectivity index (χ3n) is 1.61. The third kappa shape index (κ3) is 4.48. The van der Waals surface area contributed by atoms with Gasteiger partial charge in [0.05, 0.1) is 12.2 Å². The zero-order chi connectivity index (χ0) is 7.56. The third-order valence-corrected chi connectivity index (χ3v) is 1.61. The Balaban J connectivity index is 0. The van der Waals surface area contributed by atoms with E-state index >= 15 is 0 Å². The van der Waals surface area contributed by atoms with Crippen LogP contribution in [0.1, 0.15) is 13.3 Å². The van der Waals surface area contributed by atoms with Gasteiger partial charge in [-0.3, -0.25) is 0 Å². The van der Waals surface area contributed by atoms with Gasteiger partial charge in [-0.2, -0.15) is 6.61 Å². The van der Waals surface area contributed by atoms with E-state index in [-0.39, 0.29) is 54.3 Å². The van der Waals surface area contributed by atoms with Gasteiger partial charge in [0, 0.05) is 42.1 Å². The molecule has 0 amide bonds. The Bertz CT molecular complexity index is 113. The van der Waals surface area contributed by atoms with Crippen molar-refractivity contribution in [2.24, 2.45) is 0 Å². The summed E-state index contributed by atoms with van der Waals surface area (Å²) in [6.45, 7) is 3.46. The van der Waals surface area contributed by atoms with Crippen molar-refractivity contribution in [1.82, 2.24) is 0 Å². The molecule has 1 aliphatic heterocycles. The van der Waals surface area contributed by atoms with Crippen molar-refractivity contribution >= 4 is 0 Å². The predicted molar refractivity (Wildman–Crippen MR) is 36.3 cm³/mol. The summed E-state index contributed by atoms with van der Waals surface area (Å²) >= 11 is 0. The van der Waals surface area contributed by atoms with Crippen molar-refractivity contribution in [3.8, 4) is 0 Å². The Morgan fingerprint density at radius 3 is 2.42 bits per heavy atom. The maximum atomic E-state index is 9.25. The van der Waals surface area contributed by atoms with Crippen LogP contribution in [0.5, 0.6) is 0 Å². The van der Waals surface area contributed by atoms with Crippen LogP contribution in [0.4, 0.5) is 0 Å². The van der Waals surface area contributed by atoms with Crippen LogP contribution < -0.4 is 0 Å². The van der Waals surface area contributed by atoms with Crippen molar-refractivity contribution in [2.45, 2.75) is 31.7 Å². The number of ether oxygens (including phenoxy) is 2. The fourth-order valence-electron chi connectivity index (χ4n) is 1.15. The first-order valence-corrected chi connectivity index (χ1v) is 3.43. The predicted octanol–water partition coefficient (Wildman–Crippen LogP) is 0.328. The second-order valence-corrected chi connectivity index (χ2v) is 2.59. The molecule has 0 aromatic rings. The molecule has 0 aromatic heterocycles. The smallest absolute Gasteiger partial charge is 0.0566 e. The number of hydrogen-bond acceptors (Lipinski definition) is 3. The van der Waals surface area contributed by atoms with Gasteiger partial charge in [-0.05, 0) is 26.6 Å². The van der Waals surface area contributed by atoms with Gasteiger partial charge in [0.1, 0.15) is 0 Å². The quantitative estimate of drug-likeness (QED) is 0.542. The van der Waals surface area contributed by atoms with E-state index in [0.717, 1.165) is 0 Å². The molecule has 0 radical (unpaired) electrons. The van der Waals surface area contributed by atoms with Crippen molar-refractivity contribution in [3.05, 3.63) is 6.61 Å². The summed E-state index contributed by atoms with van der Waals surface area (Å²) in [5, 5.41) is 9.25. The van der Waals surface area contributed by atoms with E-state index < -0.39 is 6.10 Å². The Morgan fingerprint density at radius 2 is 2.08 bits per heavy atom. The van der Waals surface area contributed by atoms with E-state index in [1.54, 1.807) is 7.11 Å². The van der Waals surface area contributed by atoms with Gasteiger partial charge in [-0.1, -0.05) is 0 Å². The second-order valence-electron chi connectivity index (χ2n) is 2.59. The van der Waals surface area contributed by atoms with Crippen LogP contribution in [0.25, 0.3) is 0 Å². The van der Waals surface area contributed by atoms with Crippen LogP contribution >= 0.6 is 0 Å². The van der Waals surface area contributed by atoms with Crippen molar-refractivity contribution < 1.29 is 56.7 Å². The van der Waals surface area contributed by atoms with Crippen LogP contribution in [0.15, 0.2) is 0 Å². The van der Waals surface area contributed by atoms with Gasteiger partial charge in [0.15, 0.2) is 0 Å². The monoisotopic (exact) mass is 513 g/mol. The first-order chi connectivity index (χ1) is 4.74. The molecule has 0 saturated carbocycles. The molecule has 0 aliphatic carbocycles. The summed E-state index contributed by atoms with van der Waals surface area (Å²) in [4.78, 5) is 0. The molecule has 5 heteroatoms. The number of aliphatic hydroxyl groups is 1. The normalized spacial score (nSPS) is 33.8. The van der Waals surface area contributed by atoms with Crippen LogP contribution in [0.2, 0.25) is 0 Å². The molecule has 1 fully saturated rings. The van der Waals surface area contributed by atoms with Gasteiger partial charge in [-0.25, -0.2) is 0 Å². The topological polar surface area (TPSA) is 38.7 Å². The number of rotatable bonds is 2. The minimum absolute atomic E-state index is 0. The van der Waals surface area contributed by atoms with Crippen LogP contribution in [-0.4, -0.2) is 30.5 Å². The number of hydrogen-bond donors (Lipinski definition) is 1. The minimum Gasteiger partial charge on any atom is -0.552 e. The molecule has 1 aliphatic rings. The number of aliphatic hydroxyl groups excluding tert-OH is 1. The summed E-state index contributed by atoms with van der Waals surface area (Å²) in [7, 11) is 1.55. The summed E-state index contributed by atoms with van der Waals surface area (Å²) in [5.41, 5.74) is 0. The molecule has 1 rings (SSSR count). The fourth-order valence-corrected chi connectivity index (χ4v) is 1.15. The number of methoxy groups -OCH3 is 1. The van der Waals surface area contributed by atoms with Gasteiger partial charge < -0.3 is 14.6 Å². The molecule has 0 bridgehead atoms. The Kier molecular flexibility index (Phi) is 10.0. The molecule has 1 N–H and O–H groups in total. The molecule has 12 heavy (non-hydrogen) atoms. The molecule has 0 aromatic carbocycles. The van der Waals surface area contributed by atoms with E-state index in [1.165, 1.54) is 6.61 Å². The summed E-state index contributed by atoms with van der Waals surface area (Å²) < 4.78 is 10.0. The Hall–Kier alpha value is 1.26. The van der Waals surface area contributed by atoms with E-state index in [4.69, 9.17) is 9.47 Å². The molecule has 1 heterocycles. The largest absolute Gasteiger partial charge is 0.552 e. The molecule has 3 nitrogen and oxygen atoms in total. The summed E-state index contributed by atoms with van der Waals surface area (Å²) in [5.74, 6) is 0. The molecule has 1 unspecified atom stereocenters. The van der Waals surface area contributed by atoms with Crippen LogP contribution in [0.3, 0.4) is 0 Å². The van der Waals surface area contributed by atoms with Crippen molar-refractivity contribution in [3.63, 3.8) is 0 Å². The molecule has 1 saturated heterocycles. The summed E-state index contributed by atoms with van der Waals surface area (Å²) in [6, 6.07) is 0. The van der Waals surface area contributed by atoms with Crippen molar-refractivity contribution in [2.75, 3.05) is 7.11 Å². The van der Waals surface area contributed by atoms with Crippen LogP contribution in [-0.2, 0) is 51.6 Å². The summed E-state index contributed by atoms with van der Waals surface area (Å²) in [6.07, 6.45) is 0.214. The zero-order valence-corrected chi connectivity index (χ0v) is 13.0. The maximum absolute atomic E-state index is 9.25. The standard InChI is InChI=1S/C7H13O3.2W/c1-5-3-6(8)7(10-5)4-9-2;;/h4-8H,3H2,1-2H3;;/q-1;;/t5-,6?,7+;;/m0../s1. The first-order valence-electron chi connectivity index (χ1n) is 3.43. The Morgan fingerprint density at radius 1 is 1.50 bits per heavy atom. The van der Waals surface area contributed by atoms with E-state index in [9.17, 15) is 5.11 Å². The SMILES string of the molecule is CO[CH-][C@H]1O[C@@H](C)CC1O.[W].[W]. The average molecular weight is 513 g/mol. The average Bonchev–Trinajstić information content (AvgIpc) is 2.13. The van der Waals surface area contributed by atoms with Gasteiger partial charge in [0.2, 0.25) is 0 Å². The van der Waals surface area contributed by atoms with Crippen molar-refractivity contribution in [1.29, 1.82) is 0 Å². The van der Waals surface area contributed by atoms with Gasteiger partial charge in [0.25, 0.3) is 0 Å². The molecular weight excluding hydrogens is 500 g/mol. The second kappa shape index (κ2) is 7.64. The first kappa shape index (κ1) is 15.7. The molecule has 72 valence electrons. The fraction of sp³-hybridized carbons (Fsp3) is 0.857. The Labute approximate surface area is 102 Å².